The fourth-order valence-corrected chi connectivity index (χ4v) is 3.14. The van der Waals surface area contributed by atoms with E-state index in [-0.39, 0.29) is 5.56 Å². The Kier molecular flexibility index (Phi) is 3.61. The van der Waals surface area contributed by atoms with Gasteiger partial charge < -0.3 is 9.88 Å². The normalized spacial score (nSPS) is 16.9. The Labute approximate surface area is 118 Å². The number of hydrogen-bond donors (Lipinski definition) is 1. The van der Waals surface area contributed by atoms with E-state index in [2.05, 4.69) is 34.9 Å². The molecule has 1 N–H and O–H groups in total. The van der Waals surface area contributed by atoms with Crippen molar-refractivity contribution in [2.45, 2.75) is 45.6 Å². The third-order valence-corrected chi connectivity index (χ3v) is 4.25. The van der Waals surface area contributed by atoms with Crippen molar-refractivity contribution in [3.63, 3.8) is 0 Å². The van der Waals surface area contributed by atoms with Crippen molar-refractivity contribution < 1.29 is 0 Å². The molecule has 1 saturated heterocycles. The van der Waals surface area contributed by atoms with E-state index in [1.54, 1.807) is 10.6 Å². The molecular formula is C15H22N4O. The molecule has 1 aliphatic heterocycles. The minimum atomic E-state index is -0.00191. The fraction of sp³-hybridized carbons (Fsp3) is 0.600. The molecule has 20 heavy (non-hydrogen) atoms. The molecule has 108 valence electrons. The Morgan fingerprint density at radius 3 is 2.70 bits per heavy atom. The zero-order chi connectivity index (χ0) is 14.1. The second-order valence-corrected chi connectivity index (χ2v) is 5.44. The van der Waals surface area contributed by atoms with Crippen LogP contribution >= 0.6 is 0 Å². The molecule has 0 saturated carbocycles. The van der Waals surface area contributed by atoms with Crippen LogP contribution in [0, 0.1) is 0 Å². The predicted molar refractivity (Wildman–Crippen MR) is 79.3 cm³/mol. The molecule has 0 spiro atoms. The molecule has 2 aromatic heterocycles. The van der Waals surface area contributed by atoms with Crippen LogP contribution in [-0.2, 0) is 13.0 Å². The first-order valence-corrected chi connectivity index (χ1v) is 7.57. The monoisotopic (exact) mass is 274 g/mol. The number of fused-ring (bicyclic) bond motifs is 1. The number of nitrogens with one attached hydrogen (secondary N) is 1. The molecule has 0 aromatic carbocycles. The smallest absolute Gasteiger partial charge is 0.274 e. The van der Waals surface area contributed by atoms with Crippen LogP contribution in [0.1, 0.15) is 44.0 Å². The Morgan fingerprint density at radius 2 is 2.05 bits per heavy atom. The summed E-state index contributed by atoms with van der Waals surface area (Å²) in [5, 5.41) is 7.78. The number of rotatable bonds is 3. The van der Waals surface area contributed by atoms with E-state index in [0.717, 1.165) is 50.2 Å². The Bertz CT molecular complexity index is 664. The van der Waals surface area contributed by atoms with Crippen molar-refractivity contribution in [2.24, 2.45) is 0 Å². The number of aromatic nitrogens is 3. The summed E-state index contributed by atoms with van der Waals surface area (Å²) in [5.74, 6) is 0.480. The summed E-state index contributed by atoms with van der Waals surface area (Å²) in [6, 6.07) is 3.84. The summed E-state index contributed by atoms with van der Waals surface area (Å²) >= 11 is 0. The van der Waals surface area contributed by atoms with Crippen LogP contribution in [-0.4, -0.2) is 27.3 Å². The van der Waals surface area contributed by atoms with E-state index < -0.39 is 0 Å². The van der Waals surface area contributed by atoms with Crippen molar-refractivity contribution in [1.29, 1.82) is 0 Å². The summed E-state index contributed by atoms with van der Waals surface area (Å²) in [4.78, 5) is 12.3. The number of aryl methyl sites for hydroxylation is 2. The van der Waals surface area contributed by atoms with Crippen LogP contribution in [0.25, 0.3) is 5.65 Å². The lowest BCUT2D eigenvalue weighted by Crippen LogP contribution is -2.30. The van der Waals surface area contributed by atoms with E-state index in [1.165, 1.54) is 5.69 Å². The maximum Gasteiger partial charge on any atom is 0.274 e. The van der Waals surface area contributed by atoms with Gasteiger partial charge in [-0.25, -0.2) is 0 Å². The maximum atomic E-state index is 12.3. The molecule has 1 fully saturated rings. The van der Waals surface area contributed by atoms with Crippen LogP contribution in [0.5, 0.6) is 0 Å². The largest absolute Gasteiger partial charge is 0.330 e. The molecule has 0 amide bonds. The van der Waals surface area contributed by atoms with Gasteiger partial charge in [0.25, 0.3) is 5.56 Å². The van der Waals surface area contributed by atoms with E-state index in [1.807, 2.05) is 0 Å². The highest BCUT2D eigenvalue weighted by Crippen LogP contribution is 2.25. The Hall–Kier alpha value is -1.62. The van der Waals surface area contributed by atoms with Crippen LogP contribution in [0.4, 0.5) is 0 Å². The molecular weight excluding hydrogens is 252 g/mol. The van der Waals surface area contributed by atoms with Crippen molar-refractivity contribution in [2.75, 3.05) is 13.1 Å². The second-order valence-electron chi connectivity index (χ2n) is 5.44. The van der Waals surface area contributed by atoms with Gasteiger partial charge in [-0.2, -0.15) is 9.61 Å². The minimum absolute atomic E-state index is 0.00191. The van der Waals surface area contributed by atoms with Gasteiger partial charge in [0.15, 0.2) is 0 Å². The van der Waals surface area contributed by atoms with Crippen molar-refractivity contribution in [3.8, 4) is 0 Å². The lowest BCUT2D eigenvalue weighted by molar-refractivity contribution is 0.438. The third-order valence-electron chi connectivity index (χ3n) is 4.25. The van der Waals surface area contributed by atoms with Crippen LogP contribution < -0.4 is 10.9 Å². The highest BCUT2D eigenvalue weighted by molar-refractivity contribution is 5.42. The highest BCUT2D eigenvalue weighted by atomic mass is 16.1. The lowest BCUT2D eigenvalue weighted by Gasteiger charge is -2.26. The average Bonchev–Trinajstić information content (AvgIpc) is 2.93. The highest BCUT2D eigenvalue weighted by Gasteiger charge is 2.20. The molecule has 0 aliphatic carbocycles. The first kappa shape index (κ1) is 13.4. The topological polar surface area (TPSA) is 51.3 Å². The third kappa shape index (κ3) is 2.16. The van der Waals surface area contributed by atoms with Crippen molar-refractivity contribution >= 4 is 5.65 Å². The van der Waals surface area contributed by atoms with Gasteiger partial charge in [-0.05, 0) is 39.3 Å². The van der Waals surface area contributed by atoms with Gasteiger partial charge in [-0.15, -0.1) is 0 Å². The zero-order valence-corrected chi connectivity index (χ0v) is 12.2. The first-order chi connectivity index (χ1) is 9.74. The van der Waals surface area contributed by atoms with Gasteiger partial charge in [0, 0.05) is 30.3 Å². The lowest BCUT2D eigenvalue weighted by atomic mass is 9.94. The molecule has 5 heteroatoms. The number of piperidine rings is 1. The molecule has 1 aliphatic rings. The van der Waals surface area contributed by atoms with Gasteiger partial charge in [0.2, 0.25) is 0 Å². The summed E-state index contributed by atoms with van der Waals surface area (Å²) < 4.78 is 3.80. The molecule has 0 bridgehead atoms. The Morgan fingerprint density at radius 1 is 1.30 bits per heavy atom. The molecule has 5 nitrogen and oxygen atoms in total. The number of hydrogen-bond acceptors (Lipinski definition) is 3. The van der Waals surface area contributed by atoms with Gasteiger partial charge in [0.1, 0.15) is 5.65 Å². The summed E-state index contributed by atoms with van der Waals surface area (Å²) in [7, 11) is 0. The minimum Gasteiger partial charge on any atom is -0.330 e. The van der Waals surface area contributed by atoms with Gasteiger partial charge in [-0.1, -0.05) is 6.92 Å². The summed E-state index contributed by atoms with van der Waals surface area (Å²) in [6.45, 7) is 7.14. The Balaban J connectivity index is 2.18. The van der Waals surface area contributed by atoms with Gasteiger partial charge in [0.05, 0.1) is 5.69 Å². The zero-order valence-electron chi connectivity index (χ0n) is 12.2. The summed E-state index contributed by atoms with van der Waals surface area (Å²) in [6.07, 6.45) is 3.06. The first-order valence-electron chi connectivity index (χ1n) is 7.57. The SMILES string of the molecule is CCc1cc2n(CC)c(C3CCNCC3)cc(=O)n2n1. The van der Waals surface area contributed by atoms with Crippen LogP contribution in [0.15, 0.2) is 16.9 Å². The molecule has 2 aromatic rings. The summed E-state index contributed by atoms with van der Waals surface area (Å²) in [5.41, 5.74) is 3.09. The standard InChI is InChI=1S/C15H22N4O/c1-3-12-9-14-18(4-2)13(10-15(20)19(14)17-12)11-5-7-16-8-6-11/h9-11,16H,3-8H2,1-2H3. The van der Waals surface area contributed by atoms with E-state index >= 15 is 0 Å². The second kappa shape index (κ2) is 5.40. The molecule has 3 heterocycles. The van der Waals surface area contributed by atoms with Crippen molar-refractivity contribution in [1.82, 2.24) is 19.5 Å². The van der Waals surface area contributed by atoms with E-state index in [0.29, 0.717) is 5.92 Å². The van der Waals surface area contributed by atoms with Gasteiger partial charge >= 0.3 is 0 Å². The quantitative estimate of drug-likeness (QED) is 0.924. The van der Waals surface area contributed by atoms with Crippen LogP contribution in [0.3, 0.4) is 0 Å². The average molecular weight is 274 g/mol. The maximum absolute atomic E-state index is 12.3. The van der Waals surface area contributed by atoms with Crippen LogP contribution in [0.2, 0.25) is 0 Å². The fourth-order valence-electron chi connectivity index (χ4n) is 3.14. The van der Waals surface area contributed by atoms with Gasteiger partial charge in [-0.3, -0.25) is 4.79 Å². The van der Waals surface area contributed by atoms with E-state index in [9.17, 15) is 4.79 Å². The molecule has 3 rings (SSSR count). The van der Waals surface area contributed by atoms with E-state index in [4.69, 9.17) is 0 Å². The predicted octanol–water partition coefficient (Wildman–Crippen LogP) is 1.55. The van der Waals surface area contributed by atoms with Crippen molar-refractivity contribution in [3.05, 3.63) is 33.9 Å². The molecule has 0 unspecified atom stereocenters. The number of nitrogens with zero attached hydrogens (tertiary/aromatic N) is 3. The molecule has 0 atom stereocenters. The molecule has 0 radical (unpaired) electrons.